The third kappa shape index (κ3) is 4.55. The van der Waals surface area contributed by atoms with Gasteiger partial charge in [-0.05, 0) is 65.9 Å². The van der Waals surface area contributed by atoms with Crippen molar-refractivity contribution >= 4 is 45.9 Å². The number of fused-ring (bicyclic) bond motifs is 6. The number of para-hydroxylation sites is 2. The molecule has 0 saturated heterocycles. The Balaban J connectivity index is 1.13. The topological polar surface area (TPSA) is 50.1 Å². The summed E-state index contributed by atoms with van der Waals surface area (Å²) in [5.74, 6) is 4.12. The molecular formula is C43H29BN6. The summed E-state index contributed by atoms with van der Waals surface area (Å²) in [6.07, 6.45) is 6.41. The van der Waals surface area contributed by atoms with E-state index in [4.69, 9.17) is 15.0 Å². The van der Waals surface area contributed by atoms with E-state index < -0.39 is 0 Å². The van der Waals surface area contributed by atoms with Gasteiger partial charge in [-0.15, -0.1) is 0 Å². The summed E-state index contributed by atoms with van der Waals surface area (Å²) in [5, 5.41) is 2.29. The van der Waals surface area contributed by atoms with Crippen LogP contribution < -0.4 is 9.62 Å². The maximum Gasteiger partial charge on any atom is 0.412 e. The van der Waals surface area contributed by atoms with E-state index in [2.05, 4.69) is 130 Å². The molecule has 10 rings (SSSR count). The van der Waals surface area contributed by atoms with Crippen LogP contribution in [0.15, 0.2) is 176 Å². The second-order valence-electron chi connectivity index (χ2n) is 12.6. The van der Waals surface area contributed by atoms with Crippen LogP contribution in [-0.4, -0.2) is 26.5 Å². The Morgan fingerprint density at radius 2 is 1.08 bits per heavy atom. The van der Waals surface area contributed by atoms with Gasteiger partial charge in [-0.25, -0.2) is 4.98 Å². The maximum absolute atomic E-state index is 5.08. The maximum atomic E-state index is 5.08. The number of anilines is 3. The molecule has 0 saturated carbocycles. The largest absolute Gasteiger partial charge is 0.412 e. The molecule has 4 heterocycles. The van der Waals surface area contributed by atoms with Crippen molar-refractivity contribution in [2.45, 2.75) is 0 Å². The lowest BCUT2D eigenvalue weighted by Gasteiger charge is -2.26. The third-order valence-electron chi connectivity index (χ3n) is 9.63. The van der Waals surface area contributed by atoms with Gasteiger partial charge in [0.15, 0.2) is 11.6 Å². The minimum atomic E-state index is 0.0926. The Hall–Kier alpha value is -6.73. The van der Waals surface area contributed by atoms with Crippen molar-refractivity contribution in [2.24, 2.45) is 0 Å². The monoisotopic (exact) mass is 640 g/mol. The van der Waals surface area contributed by atoms with E-state index in [0.29, 0.717) is 17.6 Å². The highest BCUT2D eigenvalue weighted by atomic mass is 15.3. The number of allylic oxidation sites excluding steroid dienone is 2. The molecule has 0 amide bonds. The fraction of sp³-hybridized carbons (Fsp3) is 0. The van der Waals surface area contributed by atoms with Crippen LogP contribution in [0.25, 0.3) is 61.7 Å². The van der Waals surface area contributed by atoms with Crippen LogP contribution in [0.2, 0.25) is 0 Å². The van der Waals surface area contributed by atoms with E-state index >= 15 is 0 Å². The van der Waals surface area contributed by atoms with Gasteiger partial charge in [-0.1, -0.05) is 121 Å². The smallest absolute Gasteiger partial charge is 0.366 e. The van der Waals surface area contributed by atoms with Crippen LogP contribution in [0.4, 0.5) is 17.1 Å². The van der Waals surface area contributed by atoms with Crippen molar-refractivity contribution in [1.29, 1.82) is 0 Å². The fourth-order valence-electron chi connectivity index (χ4n) is 7.32. The molecule has 50 heavy (non-hydrogen) atoms. The molecule has 0 aliphatic carbocycles. The van der Waals surface area contributed by atoms with Crippen molar-refractivity contribution in [2.75, 3.05) is 9.62 Å². The van der Waals surface area contributed by atoms with Crippen molar-refractivity contribution in [3.63, 3.8) is 0 Å². The third-order valence-corrected chi connectivity index (χ3v) is 9.63. The molecule has 2 aromatic heterocycles. The minimum Gasteiger partial charge on any atom is -0.366 e. The lowest BCUT2D eigenvalue weighted by molar-refractivity contribution is 0.953. The number of nitrogens with zero attached hydrogens (tertiary/aromatic N) is 6. The quantitative estimate of drug-likeness (QED) is 0.175. The number of aromatic nitrogens is 4. The van der Waals surface area contributed by atoms with Gasteiger partial charge in [0, 0.05) is 27.6 Å². The summed E-state index contributed by atoms with van der Waals surface area (Å²) in [4.78, 5) is 19.8. The van der Waals surface area contributed by atoms with Crippen molar-refractivity contribution < 1.29 is 0 Å². The van der Waals surface area contributed by atoms with Gasteiger partial charge in [-0.3, -0.25) is 4.57 Å². The zero-order valence-electron chi connectivity index (χ0n) is 27.0. The van der Waals surface area contributed by atoms with Crippen LogP contribution in [0.5, 0.6) is 0 Å². The molecule has 234 valence electrons. The number of hydrogen-bond donors (Lipinski definition) is 0. The molecule has 0 spiro atoms. The molecular weight excluding hydrogens is 611 g/mol. The van der Waals surface area contributed by atoms with Crippen LogP contribution in [-0.2, 0) is 0 Å². The Morgan fingerprint density at radius 3 is 1.82 bits per heavy atom. The van der Waals surface area contributed by atoms with Gasteiger partial charge in [0.1, 0.15) is 0 Å². The molecule has 6 aromatic carbocycles. The highest BCUT2D eigenvalue weighted by molar-refractivity contribution is 6.76. The van der Waals surface area contributed by atoms with Gasteiger partial charge in [0.05, 0.1) is 22.4 Å². The summed E-state index contributed by atoms with van der Waals surface area (Å²) in [7, 11) is 0. The molecule has 0 atom stereocenters. The normalized spacial score (nSPS) is 13.3. The first-order valence-electron chi connectivity index (χ1n) is 16.8. The second kappa shape index (κ2) is 11.5. The van der Waals surface area contributed by atoms with Gasteiger partial charge in [-0.2, -0.15) is 9.97 Å². The van der Waals surface area contributed by atoms with Crippen molar-refractivity contribution in [3.05, 3.63) is 176 Å². The van der Waals surface area contributed by atoms with E-state index in [9.17, 15) is 0 Å². The minimum absolute atomic E-state index is 0.0926. The number of benzene rings is 6. The number of rotatable bonds is 5. The highest BCUT2D eigenvalue weighted by Crippen LogP contribution is 2.46. The molecule has 8 aromatic rings. The molecule has 2 aliphatic heterocycles. The predicted molar refractivity (Wildman–Crippen MR) is 206 cm³/mol. The Morgan fingerprint density at radius 1 is 0.460 bits per heavy atom. The van der Waals surface area contributed by atoms with Crippen LogP contribution in [0.1, 0.15) is 0 Å². The van der Waals surface area contributed by atoms with Crippen molar-refractivity contribution in [3.8, 4) is 39.9 Å². The summed E-state index contributed by atoms with van der Waals surface area (Å²) in [6.45, 7) is 0.0926. The standard InChI is InChI=1S/C43H29BN6/c1-4-14-30(15-5-1)41-45-42(31-16-6-2-7-17-31)47-43(46-41)49-37-21-11-10-20-35(37)36-28-32(22-24-38(36)49)33-23-25-39-40(29-33)48-27-13-12-26-44(48)50(39)34-18-8-3-9-19-34/h1-29H. The first-order chi connectivity index (χ1) is 24.8. The highest BCUT2D eigenvalue weighted by Gasteiger charge is 2.39. The first-order valence-corrected chi connectivity index (χ1v) is 16.8. The van der Waals surface area contributed by atoms with Crippen LogP contribution in [0, 0.1) is 0 Å². The van der Waals surface area contributed by atoms with Crippen molar-refractivity contribution in [1.82, 2.24) is 19.5 Å². The molecule has 0 unspecified atom stereocenters. The number of hydrogen-bond acceptors (Lipinski definition) is 5. The average molecular weight is 641 g/mol. The summed E-state index contributed by atoms with van der Waals surface area (Å²) >= 11 is 0. The second-order valence-corrected chi connectivity index (χ2v) is 12.6. The molecule has 0 radical (unpaired) electrons. The lowest BCUT2D eigenvalue weighted by atomic mass is 9.71. The zero-order chi connectivity index (χ0) is 33.0. The Kier molecular flexibility index (Phi) is 6.49. The molecule has 0 fully saturated rings. The summed E-state index contributed by atoms with van der Waals surface area (Å²) in [6, 6.07) is 52.9. The van der Waals surface area contributed by atoms with E-state index in [0.717, 1.165) is 44.1 Å². The summed E-state index contributed by atoms with van der Waals surface area (Å²) in [5.41, 5.74) is 9.84. The molecule has 7 heteroatoms. The van der Waals surface area contributed by atoms with E-state index in [1.54, 1.807) is 0 Å². The van der Waals surface area contributed by atoms with E-state index in [-0.39, 0.29) is 6.98 Å². The van der Waals surface area contributed by atoms with Gasteiger partial charge >= 0.3 is 6.98 Å². The first kappa shape index (κ1) is 28.3. The fourth-order valence-corrected chi connectivity index (χ4v) is 7.32. The lowest BCUT2D eigenvalue weighted by Crippen LogP contribution is -2.42. The zero-order valence-corrected chi connectivity index (χ0v) is 27.0. The molecule has 2 aliphatic rings. The van der Waals surface area contributed by atoms with Gasteiger partial charge in [0.2, 0.25) is 5.95 Å². The Bertz CT molecular complexity index is 2560. The molecule has 0 bridgehead atoms. The SMILES string of the molecule is C1=CB2N(C=C1)c1cc(-c3ccc4c(c3)c3ccccc3n4-c3nc(-c4ccccc4)nc(-c4ccccc4)n3)ccc1N2c1ccccc1. The van der Waals surface area contributed by atoms with E-state index in [1.807, 2.05) is 60.7 Å². The van der Waals surface area contributed by atoms with Gasteiger partial charge < -0.3 is 9.62 Å². The van der Waals surface area contributed by atoms with Crippen LogP contribution >= 0.6 is 0 Å². The van der Waals surface area contributed by atoms with Gasteiger partial charge in [0.25, 0.3) is 0 Å². The molecule has 0 N–H and O–H groups in total. The van der Waals surface area contributed by atoms with E-state index in [1.165, 1.54) is 17.1 Å². The van der Waals surface area contributed by atoms with Crippen LogP contribution in [0.3, 0.4) is 0 Å². The Labute approximate surface area is 290 Å². The molecule has 6 nitrogen and oxygen atoms in total. The summed E-state index contributed by atoms with van der Waals surface area (Å²) < 4.78 is 2.17. The average Bonchev–Trinajstić information content (AvgIpc) is 3.71. The predicted octanol–water partition coefficient (Wildman–Crippen LogP) is 10.0.